The predicted molar refractivity (Wildman–Crippen MR) is 131 cm³/mol. The average molecular weight is 559 g/mol. The zero-order chi connectivity index (χ0) is 22.5. The van der Waals surface area contributed by atoms with Gasteiger partial charge in [-0.25, -0.2) is 36.1 Å². The fourth-order valence-corrected chi connectivity index (χ4v) is 6.00. The fraction of sp³-hybridized carbons (Fsp3) is 0.759. The van der Waals surface area contributed by atoms with Gasteiger partial charge in [0.25, 0.3) is 0 Å². The zero-order valence-electron chi connectivity index (χ0n) is 22.0. The van der Waals surface area contributed by atoms with Gasteiger partial charge in [0.05, 0.1) is 0 Å². The summed E-state index contributed by atoms with van der Waals surface area (Å²) in [6.45, 7) is 18.7. The normalized spacial score (nSPS) is 31.2. The van der Waals surface area contributed by atoms with Crippen LogP contribution in [0.25, 0.3) is 0 Å². The monoisotopic (exact) mass is 556 g/mol. The van der Waals surface area contributed by atoms with E-state index in [1.807, 2.05) is 0 Å². The van der Waals surface area contributed by atoms with E-state index in [4.69, 9.17) is 0 Å². The van der Waals surface area contributed by atoms with Gasteiger partial charge in [0.1, 0.15) is 0 Å². The van der Waals surface area contributed by atoms with Gasteiger partial charge in [-0.05, 0) is 35.5 Å². The third-order valence-corrected chi connectivity index (χ3v) is 7.67. The van der Waals surface area contributed by atoms with E-state index in [1.54, 1.807) is 35.4 Å². The maximum Gasteiger partial charge on any atom is -1.00 e. The molecule has 2 fully saturated rings. The second-order valence-electron chi connectivity index (χ2n) is 12.0. The Hall–Kier alpha value is 0.553. The molecule has 0 spiro atoms. The summed E-state index contributed by atoms with van der Waals surface area (Å²) in [4.78, 5) is 0. The van der Waals surface area contributed by atoms with E-state index >= 15 is 0 Å². The first-order chi connectivity index (χ1) is 13.9. The molecule has 4 unspecified atom stereocenters. The van der Waals surface area contributed by atoms with Gasteiger partial charge in [0.2, 0.25) is 0 Å². The number of hydrogen-bond acceptors (Lipinski definition) is 0. The molecule has 0 aromatic carbocycles. The summed E-state index contributed by atoms with van der Waals surface area (Å²) in [5.41, 5.74) is 4.41. The molecule has 0 aromatic rings. The Balaban J connectivity index is 0.000000490. The summed E-state index contributed by atoms with van der Waals surface area (Å²) < 4.78 is 1.51. The van der Waals surface area contributed by atoms with Crippen molar-refractivity contribution in [1.29, 1.82) is 0 Å². The van der Waals surface area contributed by atoms with Crippen LogP contribution in [0.15, 0.2) is 23.3 Å². The minimum absolute atomic E-state index is 0. The van der Waals surface area contributed by atoms with Crippen molar-refractivity contribution in [2.45, 2.75) is 107 Å². The molecule has 3 heteroatoms. The first kappa shape index (κ1) is 32.6. The molecular weight excluding hydrogens is 510 g/mol. The van der Waals surface area contributed by atoms with Crippen LogP contribution in [0.1, 0.15) is 107 Å². The van der Waals surface area contributed by atoms with Gasteiger partial charge < -0.3 is 24.8 Å². The topological polar surface area (TPSA) is 0 Å². The maximum atomic E-state index is 2.50. The van der Waals surface area contributed by atoms with Crippen LogP contribution in [-0.4, -0.2) is 3.21 Å². The molecule has 0 aliphatic heterocycles. The van der Waals surface area contributed by atoms with Crippen LogP contribution in [0.5, 0.6) is 0 Å². The molecule has 32 heavy (non-hydrogen) atoms. The summed E-state index contributed by atoms with van der Waals surface area (Å²) in [6.07, 6.45) is 20.9. The van der Waals surface area contributed by atoms with Gasteiger partial charge >= 0.3 is 41.3 Å². The second kappa shape index (κ2) is 14.2. The molecule has 4 aliphatic carbocycles. The molecule has 0 nitrogen and oxygen atoms in total. The van der Waals surface area contributed by atoms with Gasteiger partial charge in [-0.1, -0.05) is 79.1 Å². The van der Waals surface area contributed by atoms with Crippen molar-refractivity contribution in [3.8, 4) is 0 Å². The number of rotatable bonds is 0. The van der Waals surface area contributed by atoms with Crippen LogP contribution < -0.4 is 24.8 Å². The smallest absolute Gasteiger partial charge is 1.00 e. The Morgan fingerprint density at radius 1 is 0.781 bits per heavy atom. The second-order valence-corrected chi connectivity index (χ2v) is 14.5. The zero-order valence-corrected chi connectivity index (χ0v) is 26.0. The van der Waals surface area contributed by atoms with Crippen LogP contribution in [0.3, 0.4) is 0 Å². The molecule has 0 saturated heterocycles. The molecule has 0 radical (unpaired) electrons. The third-order valence-electron chi connectivity index (χ3n) is 7.67. The molecule has 0 aromatic heterocycles. The summed E-state index contributed by atoms with van der Waals surface area (Å²) >= 11 is 1.55. The summed E-state index contributed by atoms with van der Waals surface area (Å²) in [6, 6.07) is 0. The Morgan fingerprint density at radius 2 is 1.09 bits per heavy atom. The summed E-state index contributed by atoms with van der Waals surface area (Å²) in [5.74, 6) is 3.33. The van der Waals surface area contributed by atoms with E-state index in [9.17, 15) is 0 Å². The SMILES string of the molecule is CC1[CH-]C2=CCCCC(C)(C)C2C1.CC1[CH-]C2=CCCCC(C)(C)C2C1.C[C](C)=[Zr+2].[Cl-].[Cl-]. The number of allylic oxidation sites excluding steroid dienone is 4. The van der Waals surface area contributed by atoms with Crippen molar-refractivity contribution < 1.29 is 49.0 Å². The number of fused-ring (bicyclic) bond motifs is 2. The minimum Gasteiger partial charge on any atom is -1.00 e. The Bertz CT molecular complexity index is 590. The molecule has 4 aliphatic rings. The van der Waals surface area contributed by atoms with Crippen LogP contribution in [0, 0.1) is 47.3 Å². The Kier molecular flexibility index (Phi) is 14.4. The maximum absolute atomic E-state index is 2.50. The molecule has 0 heterocycles. The molecule has 4 rings (SSSR count). The third kappa shape index (κ3) is 9.66. The van der Waals surface area contributed by atoms with Crippen LogP contribution in [0.4, 0.5) is 0 Å². The molecule has 2 saturated carbocycles. The van der Waals surface area contributed by atoms with Crippen molar-refractivity contribution in [2.75, 3.05) is 0 Å². The standard InChI is InChI=1S/2C13H21.C3H6.2ClH.Zr/c2*1-10-8-11-6-4-5-7-13(2,3)12(11)9-10;1-3-2;;;/h2*6,8,10,12H,4-5,7,9H2,1-3H3;1-2H3;2*1H;/q2*-1;;;;+2/p-2. The van der Waals surface area contributed by atoms with Crippen LogP contribution >= 0.6 is 0 Å². The van der Waals surface area contributed by atoms with Crippen molar-refractivity contribution in [1.82, 2.24) is 0 Å². The predicted octanol–water partition coefficient (Wildman–Crippen LogP) is 2.72. The van der Waals surface area contributed by atoms with E-state index in [2.05, 4.69) is 80.4 Å². The quantitative estimate of drug-likeness (QED) is 0.401. The molecule has 0 amide bonds. The fourth-order valence-electron chi connectivity index (χ4n) is 6.00. The molecule has 4 atom stereocenters. The molecule has 0 bridgehead atoms. The van der Waals surface area contributed by atoms with Gasteiger partial charge in [0.15, 0.2) is 0 Å². The Morgan fingerprint density at radius 3 is 1.41 bits per heavy atom. The van der Waals surface area contributed by atoms with E-state index < -0.39 is 0 Å². The first-order valence-electron chi connectivity index (χ1n) is 12.5. The minimum atomic E-state index is 0. The number of hydrogen-bond donors (Lipinski definition) is 0. The van der Waals surface area contributed by atoms with Crippen molar-refractivity contribution in [3.63, 3.8) is 0 Å². The van der Waals surface area contributed by atoms with E-state index in [-0.39, 0.29) is 24.8 Å². The van der Waals surface area contributed by atoms with Gasteiger partial charge in [0, 0.05) is 0 Å². The molecular formula is C29H48Cl2Zr-2. The van der Waals surface area contributed by atoms with Crippen molar-refractivity contribution >= 4 is 3.21 Å². The number of halogens is 2. The van der Waals surface area contributed by atoms with E-state index in [0.29, 0.717) is 10.8 Å². The van der Waals surface area contributed by atoms with Crippen LogP contribution in [-0.2, 0) is 24.2 Å². The molecule has 0 N–H and O–H groups in total. The van der Waals surface area contributed by atoms with Crippen molar-refractivity contribution in [3.05, 3.63) is 36.1 Å². The van der Waals surface area contributed by atoms with E-state index in [0.717, 1.165) is 23.7 Å². The van der Waals surface area contributed by atoms with Gasteiger partial charge in [-0.2, -0.15) is 0 Å². The van der Waals surface area contributed by atoms with E-state index in [1.165, 1.54) is 54.6 Å². The summed E-state index contributed by atoms with van der Waals surface area (Å²) in [7, 11) is 0. The first-order valence-corrected chi connectivity index (χ1v) is 13.8. The Labute approximate surface area is 228 Å². The largest absolute Gasteiger partial charge is 1.00 e. The van der Waals surface area contributed by atoms with Gasteiger partial charge in [-0.3, -0.25) is 0 Å². The van der Waals surface area contributed by atoms with Crippen molar-refractivity contribution in [2.24, 2.45) is 34.5 Å². The van der Waals surface area contributed by atoms with Gasteiger partial charge in [-0.15, -0.1) is 12.8 Å². The summed E-state index contributed by atoms with van der Waals surface area (Å²) in [5, 5.41) is 0. The molecule has 184 valence electrons. The van der Waals surface area contributed by atoms with Crippen LogP contribution in [0.2, 0.25) is 0 Å². The average Bonchev–Trinajstić information content (AvgIpc) is 3.11.